The molecule has 0 bridgehead atoms. The summed E-state index contributed by atoms with van der Waals surface area (Å²) >= 11 is 0. The number of aromatic nitrogens is 2. The third-order valence-corrected chi connectivity index (χ3v) is 18.9. The molecule has 12 unspecified atom stereocenters. The van der Waals surface area contributed by atoms with Crippen LogP contribution in [0.15, 0.2) is 133 Å². The molecule has 524 valence electrons. The first-order chi connectivity index (χ1) is 46.0. The Bertz CT molecular complexity index is 3710. The summed E-state index contributed by atoms with van der Waals surface area (Å²) in [6.07, 6.45) is 11.8. The number of rotatable bonds is 29. The molecular weight excluding hydrogens is 1230 g/mol. The van der Waals surface area contributed by atoms with E-state index in [2.05, 4.69) is 37.5 Å². The number of allylic oxidation sites excluding steroid dienone is 2. The van der Waals surface area contributed by atoms with Crippen molar-refractivity contribution in [2.24, 2.45) is 41.4 Å². The highest BCUT2D eigenvalue weighted by Gasteiger charge is 2.42. The predicted octanol–water partition coefficient (Wildman–Crippen LogP) is 15.0. The maximum atomic E-state index is 13.6. The van der Waals surface area contributed by atoms with E-state index in [9.17, 15) is 63.7 Å². The third kappa shape index (κ3) is 21.7. The summed E-state index contributed by atoms with van der Waals surface area (Å²) in [5.41, 5.74) is 9.42. The van der Waals surface area contributed by atoms with E-state index in [1.807, 2.05) is 80.6 Å². The van der Waals surface area contributed by atoms with Crippen LogP contribution in [0.3, 0.4) is 0 Å². The fraction of sp³-hybridized carbons (Fsp3) is 0.494. The molecule has 14 nitrogen and oxygen atoms in total. The number of aliphatic hydroxyl groups is 7. The topological polar surface area (TPSA) is 237 Å². The summed E-state index contributed by atoms with van der Waals surface area (Å²) < 4.78 is 35.3. The van der Waals surface area contributed by atoms with Gasteiger partial charge in [0.1, 0.15) is 35.1 Å². The fourth-order valence-electron chi connectivity index (χ4n) is 12.9. The quantitative estimate of drug-likeness (QED) is 0.0217. The Morgan fingerprint density at radius 1 is 0.639 bits per heavy atom. The minimum Gasteiger partial charge on any atom is -0.461 e. The SMILES string of the molecule is CC(C)C(=O)CC(O)CC(O)/C=C/c1c(-c2ccc(F)cc2)c2ccccc2n1C(C)C.CC(C)C(=O)CC(O)CC(O)/C=C/c1c(C2CC2)nc2ccccc2c1-c1ccc(F)cc1.CCC(C)C(=O)OC1CC(O)C=C2C=CC(C)C(CCC(O)CC(O)CC(=O)C(C)C)C21. The van der Waals surface area contributed by atoms with E-state index in [0.29, 0.717) is 31.6 Å². The van der Waals surface area contributed by atoms with Crippen molar-refractivity contribution < 1.29 is 68.4 Å². The number of aliphatic hydroxyl groups excluding tert-OH is 7. The van der Waals surface area contributed by atoms with Gasteiger partial charge < -0.3 is 45.0 Å². The highest BCUT2D eigenvalue weighted by atomic mass is 19.1. The average molecular weight is 1340 g/mol. The van der Waals surface area contributed by atoms with Gasteiger partial charge in [0.25, 0.3) is 0 Å². The van der Waals surface area contributed by atoms with E-state index in [1.165, 1.54) is 24.3 Å². The van der Waals surface area contributed by atoms with Gasteiger partial charge in [-0.3, -0.25) is 24.2 Å². The van der Waals surface area contributed by atoms with E-state index in [1.54, 1.807) is 78.0 Å². The summed E-state index contributed by atoms with van der Waals surface area (Å²) in [5, 5.41) is 74.5. The van der Waals surface area contributed by atoms with Crippen LogP contribution in [-0.2, 0) is 23.9 Å². The minimum atomic E-state index is -0.903. The number of benzene rings is 4. The third-order valence-electron chi connectivity index (χ3n) is 18.9. The maximum absolute atomic E-state index is 13.6. The number of ketones is 3. The number of Topliss-reactive ketones (excluding diaryl/α,β-unsaturated/α-hetero) is 3. The Morgan fingerprint density at radius 3 is 1.67 bits per heavy atom. The van der Waals surface area contributed by atoms with Gasteiger partial charge in [0.05, 0.1) is 59.9 Å². The Balaban J connectivity index is 0.000000205. The Labute approximate surface area is 571 Å². The molecule has 2 aromatic heterocycles. The summed E-state index contributed by atoms with van der Waals surface area (Å²) in [6.45, 7) is 20.9. The summed E-state index contributed by atoms with van der Waals surface area (Å²) in [4.78, 5) is 53.0. The molecule has 97 heavy (non-hydrogen) atoms. The molecule has 9 rings (SSSR count). The van der Waals surface area contributed by atoms with Gasteiger partial charge in [0.15, 0.2) is 0 Å². The van der Waals surface area contributed by atoms with Crippen molar-refractivity contribution in [1.82, 2.24) is 9.55 Å². The first kappa shape index (κ1) is 77.2. The zero-order chi connectivity index (χ0) is 70.9. The van der Waals surface area contributed by atoms with E-state index in [4.69, 9.17) is 9.72 Å². The van der Waals surface area contributed by atoms with Crippen LogP contribution in [0.2, 0.25) is 0 Å². The number of carbonyl (C=O) groups excluding carboxylic acids is 4. The second kappa shape index (κ2) is 36.1. The molecule has 3 aliphatic rings. The number of nitrogens with zero attached hydrogens (tertiary/aromatic N) is 2. The van der Waals surface area contributed by atoms with E-state index in [0.717, 1.165) is 79.4 Å². The molecule has 0 radical (unpaired) electrons. The van der Waals surface area contributed by atoms with E-state index in [-0.39, 0.29) is 121 Å². The van der Waals surface area contributed by atoms with Crippen molar-refractivity contribution in [3.05, 3.63) is 162 Å². The van der Waals surface area contributed by atoms with Crippen molar-refractivity contribution in [1.29, 1.82) is 0 Å². The summed E-state index contributed by atoms with van der Waals surface area (Å²) in [5.74, 6) is -0.739. The fourth-order valence-corrected chi connectivity index (χ4v) is 12.9. The molecule has 1 saturated carbocycles. The number of para-hydroxylation sites is 2. The van der Waals surface area contributed by atoms with Crippen LogP contribution >= 0.6 is 0 Å². The lowest BCUT2D eigenvalue weighted by Crippen LogP contribution is -2.43. The van der Waals surface area contributed by atoms with Crippen molar-refractivity contribution in [3.8, 4) is 22.3 Å². The number of hydrogen-bond acceptors (Lipinski definition) is 13. The summed E-state index contributed by atoms with van der Waals surface area (Å²) in [6, 6.07) is 29.0. The zero-order valence-corrected chi connectivity index (χ0v) is 58.4. The van der Waals surface area contributed by atoms with Crippen LogP contribution in [0.5, 0.6) is 0 Å². The molecule has 1 fully saturated rings. The smallest absolute Gasteiger partial charge is 0.308 e. The van der Waals surface area contributed by atoms with Gasteiger partial charge in [-0.1, -0.05) is 159 Å². The standard InChI is InChI=1S/C28H30FNO3.C27H32FNO3.C26H42O6/c1-17(2)26(33)16-22(32)15-21(31)13-14-24-27(18-9-11-20(29)12-10-18)23-5-3-4-6-25(23)30-28(24)19-7-8-19;1-17(2)26(32)16-22(31)15-21(30)13-14-25-27(19-9-11-20(28)12-10-19)23-7-5-6-8-24(23)29(25)18(3)4;1-6-16(4)26(31)32-24-14-20(28)11-18-8-7-17(5)22(25(18)24)10-9-19(27)12-21(29)13-23(30)15(2)3/h3-6,9-14,17,19,21-22,31-32H,7-8,15-16H2,1-2H3;5-14,17-18,21-22,30-31H,15-16H2,1-4H3;7-8,11,15-17,19-22,24-25,27-29H,6,9-10,12-14H2,1-5H3/b2*14-13+;. The molecule has 0 saturated heterocycles. The van der Waals surface area contributed by atoms with Gasteiger partial charge in [-0.15, -0.1) is 0 Å². The van der Waals surface area contributed by atoms with Gasteiger partial charge >= 0.3 is 5.97 Å². The van der Waals surface area contributed by atoms with E-state index < -0.39 is 48.8 Å². The molecule has 0 amide bonds. The molecule has 12 atom stereocenters. The molecule has 3 aliphatic carbocycles. The molecule has 4 aromatic carbocycles. The molecule has 7 N–H and O–H groups in total. The molecular formula is C81H104F2N2O12. The Hall–Kier alpha value is -7.15. The zero-order valence-electron chi connectivity index (χ0n) is 58.4. The second-order valence-electron chi connectivity index (χ2n) is 28.2. The van der Waals surface area contributed by atoms with Crippen LogP contribution in [0, 0.1) is 53.1 Å². The van der Waals surface area contributed by atoms with Gasteiger partial charge in [-0.2, -0.15) is 0 Å². The van der Waals surface area contributed by atoms with Crippen molar-refractivity contribution in [3.63, 3.8) is 0 Å². The lowest BCUT2D eigenvalue weighted by Gasteiger charge is -2.43. The second-order valence-corrected chi connectivity index (χ2v) is 28.2. The summed E-state index contributed by atoms with van der Waals surface area (Å²) in [7, 11) is 0. The van der Waals surface area contributed by atoms with Crippen molar-refractivity contribution >= 4 is 57.3 Å². The van der Waals surface area contributed by atoms with Gasteiger partial charge in [-0.05, 0) is 123 Å². The number of carbonyl (C=O) groups is 4. The number of pyridine rings is 1. The van der Waals surface area contributed by atoms with Gasteiger partial charge in [0, 0.05) is 113 Å². The molecule has 6 aromatic rings. The molecule has 16 heteroatoms. The molecule has 0 aliphatic heterocycles. The van der Waals surface area contributed by atoms with E-state index >= 15 is 0 Å². The number of halogens is 2. The lowest BCUT2D eigenvalue weighted by atomic mass is 9.66. The Kier molecular flexibility index (Phi) is 28.7. The number of fused-ring (bicyclic) bond motifs is 3. The minimum absolute atomic E-state index is 0.00255. The van der Waals surface area contributed by atoms with Crippen LogP contribution in [0.25, 0.3) is 56.2 Å². The average Bonchev–Trinajstić information content (AvgIpc) is 1.75. The maximum Gasteiger partial charge on any atom is 0.308 e. The highest BCUT2D eigenvalue weighted by molar-refractivity contribution is 6.01. The van der Waals surface area contributed by atoms with Crippen LogP contribution in [0.1, 0.15) is 182 Å². The Morgan fingerprint density at radius 2 is 1.14 bits per heavy atom. The van der Waals surface area contributed by atoms with Crippen LogP contribution < -0.4 is 0 Å². The first-order valence-corrected chi connectivity index (χ1v) is 34.9. The lowest BCUT2D eigenvalue weighted by molar-refractivity contribution is -0.159. The molecule has 0 spiro atoms. The normalized spacial score (nSPS) is 20.0. The van der Waals surface area contributed by atoms with Gasteiger partial charge in [-0.25, -0.2) is 8.78 Å². The first-order valence-electron chi connectivity index (χ1n) is 34.9. The number of esters is 1. The predicted molar refractivity (Wildman–Crippen MR) is 381 cm³/mol. The van der Waals surface area contributed by atoms with Crippen molar-refractivity contribution in [2.75, 3.05) is 0 Å². The van der Waals surface area contributed by atoms with Crippen LogP contribution in [-0.4, -0.2) is 117 Å². The monoisotopic (exact) mass is 1330 g/mol. The van der Waals surface area contributed by atoms with Crippen LogP contribution in [0.4, 0.5) is 8.78 Å². The largest absolute Gasteiger partial charge is 0.461 e. The van der Waals surface area contributed by atoms with Crippen molar-refractivity contribution in [2.45, 2.75) is 214 Å². The number of hydrogen-bond donors (Lipinski definition) is 7. The molecule has 2 heterocycles. The van der Waals surface area contributed by atoms with Gasteiger partial charge in [0.2, 0.25) is 0 Å². The highest BCUT2D eigenvalue weighted by Crippen LogP contribution is 2.47. The number of ether oxygens (including phenoxy) is 1.